The molecule has 0 saturated carbocycles. The minimum atomic E-state index is -1.51. The summed E-state index contributed by atoms with van der Waals surface area (Å²) in [5.74, 6) is 0. The number of aryl methyl sites for hydroxylation is 2. The lowest BCUT2D eigenvalue weighted by atomic mass is 9.89. The molecule has 0 N–H and O–H groups in total. The highest BCUT2D eigenvalue weighted by molar-refractivity contribution is 6.14. The molecule has 0 bridgehead atoms. The second-order valence-electron chi connectivity index (χ2n) is 8.96. The summed E-state index contributed by atoms with van der Waals surface area (Å²) < 4.78 is 26.5. The number of benzene rings is 3. The summed E-state index contributed by atoms with van der Waals surface area (Å²) in [4.78, 5) is 2.09. The number of nitriles is 1. The van der Waals surface area contributed by atoms with E-state index in [4.69, 9.17) is 7.16 Å². The Kier molecular flexibility index (Phi) is 4.18. The number of nitrogens with zero attached hydrogens (tertiary/aromatic N) is 3. The third-order valence-corrected chi connectivity index (χ3v) is 6.92. The molecule has 0 amide bonds. The fourth-order valence-corrected chi connectivity index (χ4v) is 5.19. The maximum atomic E-state index is 10.1. The zero-order valence-electron chi connectivity index (χ0n) is 21.5. The van der Waals surface area contributed by atoms with Crippen molar-refractivity contribution in [2.45, 2.75) is 19.7 Å². The number of rotatable bonds is 2. The minimum Gasteiger partial charge on any atom is -0.454 e. The van der Waals surface area contributed by atoms with E-state index in [0.29, 0.717) is 40.8 Å². The Labute approximate surface area is 202 Å². The fourth-order valence-electron chi connectivity index (χ4n) is 5.19. The Balaban J connectivity index is 1.75. The van der Waals surface area contributed by atoms with Gasteiger partial charge in [-0.05, 0) is 60.7 Å². The van der Waals surface area contributed by atoms with Gasteiger partial charge in [-0.3, -0.25) is 0 Å². The van der Waals surface area contributed by atoms with Crippen molar-refractivity contribution in [3.8, 4) is 28.5 Å². The Morgan fingerprint density at radius 1 is 1.00 bits per heavy atom. The van der Waals surface area contributed by atoms with Crippen LogP contribution < -0.4 is 9.47 Å². The smallest absolute Gasteiger partial charge is 0.216 e. The first-order valence-electron chi connectivity index (χ1n) is 12.5. The van der Waals surface area contributed by atoms with Crippen LogP contribution in [0.4, 0.5) is 5.69 Å². The number of pyridine rings is 1. The highest BCUT2D eigenvalue weighted by Crippen LogP contribution is 2.44. The van der Waals surface area contributed by atoms with E-state index in [9.17, 15) is 5.26 Å². The Hall–Kier alpha value is -4.10. The van der Waals surface area contributed by atoms with Gasteiger partial charge in [0.1, 0.15) is 18.2 Å². The third-order valence-electron chi connectivity index (χ3n) is 6.92. The van der Waals surface area contributed by atoms with E-state index in [0.717, 1.165) is 38.9 Å². The molecule has 1 aliphatic rings. The number of aromatic nitrogens is 1. The Morgan fingerprint density at radius 2 is 1.79 bits per heavy atom. The van der Waals surface area contributed by atoms with Gasteiger partial charge in [-0.15, -0.1) is 0 Å². The molecular weight excluding hydrogens is 418 g/mol. The molecule has 4 heteroatoms. The largest absolute Gasteiger partial charge is 0.454 e. The molecule has 0 saturated heterocycles. The van der Waals surface area contributed by atoms with E-state index >= 15 is 0 Å². The van der Waals surface area contributed by atoms with E-state index in [1.165, 1.54) is 0 Å². The molecule has 1 aliphatic heterocycles. The lowest BCUT2D eigenvalue weighted by molar-refractivity contribution is -0.660. The van der Waals surface area contributed by atoms with E-state index in [-0.39, 0.29) is 0 Å². The maximum absolute atomic E-state index is 10.1. The number of furan rings is 1. The van der Waals surface area contributed by atoms with Crippen LogP contribution in [0, 0.1) is 18.3 Å². The molecule has 34 heavy (non-hydrogen) atoms. The second kappa shape index (κ2) is 7.74. The van der Waals surface area contributed by atoms with Crippen molar-refractivity contribution in [1.29, 1.82) is 5.26 Å². The number of fused-ring (bicyclic) bond motifs is 4. The Morgan fingerprint density at radius 3 is 2.59 bits per heavy atom. The van der Waals surface area contributed by atoms with Crippen molar-refractivity contribution in [3.63, 3.8) is 0 Å². The highest BCUT2D eigenvalue weighted by Gasteiger charge is 2.25. The first-order valence-corrected chi connectivity index (χ1v) is 11.5. The van der Waals surface area contributed by atoms with Gasteiger partial charge < -0.3 is 9.32 Å². The normalized spacial score (nSPS) is 15.6. The van der Waals surface area contributed by atoms with E-state index in [1.54, 1.807) is 0 Å². The Bertz CT molecular complexity index is 1730. The summed E-state index contributed by atoms with van der Waals surface area (Å²) in [7, 11) is 4.00. The van der Waals surface area contributed by atoms with Crippen LogP contribution in [0.15, 0.2) is 71.3 Å². The van der Waals surface area contributed by atoms with Gasteiger partial charge in [-0.1, -0.05) is 24.3 Å². The highest BCUT2D eigenvalue weighted by atomic mass is 16.3. The number of hydrogen-bond acceptors (Lipinski definition) is 3. The molecule has 0 radical (unpaired) electrons. The van der Waals surface area contributed by atoms with Gasteiger partial charge in [0.15, 0.2) is 6.20 Å². The summed E-state index contributed by atoms with van der Waals surface area (Å²) in [6, 6.07) is 22.2. The molecule has 6 rings (SSSR count). The predicted molar refractivity (Wildman–Crippen MR) is 137 cm³/mol. The number of hydrogen-bond donors (Lipinski definition) is 0. The molecule has 5 aromatic rings. The van der Waals surface area contributed by atoms with Crippen molar-refractivity contribution in [2.75, 3.05) is 18.5 Å². The summed E-state index contributed by atoms with van der Waals surface area (Å²) in [6.07, 6.45) is 0.891. The van der Waals surface area contributed by atoms with Gasteiger partial charge in [0, 0.05) is 50.5 Å². The molecule has 3 aromatic carbocycles. The van der Waals surface area contributed by atoms with Crippen LogP contribution in [0.5, 0.6) is 0 Å². The van der Waals surface area contributed by atoms with Crippen LogP contribution in [0.2, 0.25) is 0 Å². The second-order valence-corrected chi connectivity index (χ2v) is 8.96. The average Bonchev–Trinajstić information content (AvgIpc) is 3.24. The SMILES string of the molecule is [2H]C1([2H])CCN(C)c2cccc(-c3c(C#N)ccc4c3oc3c(-c5cccc[n+]5C)c(C)ccc34)c21. The molecular formula is C30H26N3O+. The third kappa shape index (κ3) is 2.94. The summed E-state index contributed by atoms with van der Waals surface area (Å²) >= 11 is 0. The van der Waals surface area contributed by atoms with Crippen LogP contribution in [0.25, 0.3) is 44.3 Å². The lowest BCUT2D eigenvalue weighted by Crippen LogP contribution is -2.30. The van der Waals surface area contributed by atoms with Gasteiger partial charge in [0.25, 0.3) is 0 Å². The first-order chi connectivity index (χ1) is 17.3. The zero-order chi connectivity index (χ0) is 25.2. The van der Waals surface area contributed by atoms with Crippen molar-refractivity contribution < 1.29 is 11.7 Å². The molecule has 0 unspecified atom stereocenters. The summed E-state index contributed by atoms with van der Waals surface area (Å²) in [5, 5.41) is 12.0. The standard InChI is InChI=1S/C30H26N3O/c1-19-12-14-23-24-15-13-20(18-31)28(22-8-6-11-25-21(22)9-7-17-32(25)2)30(24)34-29(23)27(19)26-10-4-5-16-33(26)3/h4-6,8,10-16H,7,9,17H2,1-3H3/q+1/i9D2. The molecule has 0 spiro atoms. The molecule has 0 atom stereocenters. The molecule has 2 aromatic heterocycles. The van der Waals surface area contributed by atoms with Gasteiger partial charge in [-0.2, -0.15) is 5.26 Å². The zero-order valence-corrected chi connectivity index (χ0v) is 19.5. The van der Waals surface area contributed by atoms with E-state index < -0.39 is 6.37 Å². The molecule has 0 aliphatic carbocycles. The first kappa shape index (κ1) is 18.3. The number of anilines is 1. The van der Waals surface area contributed by atoms with Gasteiger partial charge in [0.05, 0.1) is 17.2 Å². The van der Waals surface area contributed by atoms with Gasteiger partial charge >= 0.3 is 0 Å². The van der Waals surface area contributed by atoms with Crippen molar-refractivity contribution in [2.24, 2.45) is 7.05 Å². The van der Waals surface area contributed by atoms with Crippen molar-refractivity contribution in [3.05, 3.63) is 83.6 Å². The van der Waals surface area contributed by atoms with Crippen molar-refractivity contribution in [1.82, 2.24) is 0 Å². The molecule has 0 fully saturated rings. The van der Waals surface area contributed by atoms with Crippen LogP contribution in [-0.2, 0) is 13.4 Å². The monoisotopic (exact) mass is 446 g/mol. The quantitative estimate of drug-likeness (QED) is 0.299. The fraction of sp³-hybridized carbons (Fsp3) is 0.200. The molecule has 3 heterocycles. The van der Waals surface area contributed by atoms with E-state index in [1.807, 2.05) is 62.8 Å². The topological polar surface area (TPSA) is 44.1 Å². The average molecular weight is 447 g/mol. The molecule has 166 valence electrons. The van der Waals surface area contributed by atoms with Crippen LogP contribution in [-0.4, -0.2) is 13.6 Å². The van der Waals surface area contributed by atoms with Crippen LogP contribution in [0.1, 0.15) is 25.9 Å². The summed E-state index contributed by atoms with van der Waals surface area (Å²) in [6.45, 7) is 2.72. The van der Waals surface area contributed by atoms with Gasteiger partial charge in [0.2, 0.25) is 5.69 Å². The maximum Gasteiger partial charge on any atom is 0.216 e. The van der Waals surface area contributed by atoms with Crippen LogP contribution in [0.3, 0.4) is 0 Å². The van der Waals surface area contributed by atoms with Crippen molar-refractivity contribution >= 4 is 27.6 Å². The minimum absolute atomic E-state index is 0.388. The molecule has 4 nitrogen and oxygen atoms in total. The van der Waals surface area contributed by atoms with Gasteiger partial charge in [-0.25, -0.2) is 4.57 Å². The predicted octanol–water partition coefficient (Wildman–Crippen LogP) is 6.31. The lowest BCUT2D eigenvalue weighted by Gasteiger charge is -2.29. The van der Waals surface area contributed by atoms with E-state index in [2.05, 4.69) is 40.7 Å². The summed E-state index contributed by atoms with van der Waals surface area (Å²) in [5.41, 5.74) is 7.86. The van der Waals surface area contributed by atoms with Crippen LogP contribution >= 0.6 is 0 Å².